The molecule has 4 saturated carbocycles. The number of aliphatic hydroxyl groups is 3. The van der Waals surface area contributed by atoms with Crippen molar-refractivity contribution in [3.8, 4) is 0 Å². The molecule has 3 unspecified atom stereocenters. The molecule has 4 aliphatic carbocycles. The first-order chi connectivity index (χ1) is 15.3. The van der Waals surface area contributed by atoms with E-state index in [2.05, 4.69) is 34.6 Å². The molecule has 0 aromatic rings. The van der Waals surface area contributed by atoms with Crippen molar-refractivity contribution in [1.29, 1.82) is 0 Å². The van der Waals surface area contributed by atoms with Gasteiger partial charge in [-0.25, -0.2) is 0 Å². The normalized spacial score (nSPS) is 53.5. The summed E-state index contributed by atoms with van der Waals surface area (Å²) in [5.41, 5.74) is -0.410. The molecule has 4 N–H and O–H groups in total. The second-order valence-corrected chi connectivity index (χ2v) is 13.3. The van der Waals surface area contributed by atoms with Gasteiger partial charge >= 0.3 is 5.97 Å². The van der Waals surface area contributed by atoms with Gasteiger partial charge < -0.3 is 20.4 Å². The molecule has 0 aromatic heterocycles. The Kier molecular flexibility index (Phi) is 6.54. The zero-order chi connectivity index (χ0) is 24.5. The largest absolute Gasteiger partial charge is 0.481 e. The molecule has 190 valence electrons. The van der Waals surface area contributed by atoms with Gasteiger partial charge in [-0.1, -0.05) is 48.0 Å². The highest BCUT2D eigenvalue weighted by atomic mass is 16.4. The highest BCUT2D eigenvalue weighted by Crippen LogP contribution is 2.72. The molecule has 0 radical (unpaired) electrons. The fourth-order valence-electron chi connectivity index (χ4n) is 10.3. The van der Waals surface area contributed by atoms with Crippen LogP contribution in [0, 0.1) is 57.7 Å². The Morgan fingerprint density at radius 2 is 1.67 bits per heavy atom. The van der Waals surface area contributed by atoms with Gasteiger partial charge in [0.1, 0.15) is 0 Å². The van der Waals surface area contributed by atoms with E-state index in [0.717, 1.165) is 38.5 Å². The average molecular weight is 465 g/mol. The fourth-order valence-corrected chi connectivity index (χ4v) is 10.3. The van der Waals surface area contributed by atoms with Crippen molar-refractivity contribution >= 4 is 5.97 Å². The number of aliphatic hydroxyl groups excluding tert-OH is 3. The van der Waals surface area contributed by atoms with Crippen molar-refractivity contribution in [3.05, 3.63) is 0 Å². The van der Waals surface area contributed by atoms with Gasteiger partial charge in [0, 0.05) is 0 Å². The summed E-state index contributed by atoms with van der Waals surface area (Å²) >= 11 is 0. The van der Waals surface area contributed by atoms with Gasteiger partial charge in [0.2, 0.25) is 0 Å². The lowest BCUT2D eigenvalue weighted by Gasteiger charge is -2.69. The van der Waals surface area contributed by atoms with Crippen molar-refractivity contribution in [2.24, 2.45) is 57.7 Å². The fraction of sp³-hybridized carbons (Fsp3) is 0.964. The Hall–Kier alpha value is -0.650. The number of rotatable bonds is 5. The summed E-state index contributed by atoms with van der Waals surface area (Å²) in [5, 5.41) is 43.7. The SMILES string of the molecule is CC[C@H]1[C@@H](O)C2C3CC[C@H]([C@H](C)C[C@@H](C)C(=O)O)[C@@]3(C)[C@@H](O)CC2[C@@]2(C)CC[C@@H](O)C[C@@]12C. The monoisotopic (exact) mass is 464 g/mol. The number of carboxylic acid groups (broad SMARTS) is 1. The number of carboxylic acids is 1. The Morgan fingerprint density at radius 1 is 1.00 bits per heavy atom. The molecule has 13 atom stereocenters. The van der Waals surface area contributed by atoms with Crippen molar-refractivity contribution in [2.75, 3.05) is 0 Å². The molecule has 0 heterocycles. The van der Waals surface area contributed by atoms with E-state index in [9.17, 15) is 25.2 Å². The van der Waals surface area contributed by atoms with Gasteiger partial charge in [-0.15, -0.1) is 0 Å². The standard InChI is InChI=1S/C28H48O5/c1-7-18-24(31)23-20-9-8-19(15(2)12-16(3)25(32)33)28(20,6)22(30)13-21(23)26(4)11-10-17(29)14-27(18,26)5/h15-24,29-31H,7-14H2,1-6H3,(H,32,33)/t15-,16-,17-,18+,19-,20?,21?,22+,23?,24-,26-,27+,28-/m1/s1. The second-order valence-electron chi connectivity index (χ2n) is 13.3. The van der Waals surface area contributed by atoms with Crippen molar-refractivity contribution in [2.45, 2.75) is 111 Å². The lowest BCUT2D eigenvalue weighted by molar-refractivity contribution is -0.260. The number of hydrogen-bond acceptors (Lipinski definition) is 4. The molecule has 4 aliphatic rings. The van der Waals surface area contributed by atoms with Gasteiger partial charge in [-0.3, -0.25) is 4.79 Å². The Bertz CT molecular complexity index is 755. The molecule has 0 spiro atoms. The maximum Gasteiger partial charge on any atom is 0.306 e. The third kappa shape index (κ3) is 3.46. The van der Waals surface area contributed by atoms with Crippen LogP contribution in [0.1, 0.15) is 92.9 Å². The first-order valence-corrected chi connectivity index (χ1v) is 13.6. The molecular formula is C28H48O5. The minimum atomic E-state index is -0.744. The average Bonchev–Trinajstić information content (AvgIpc) is 3.09. The summed E-state index contributed by atoms with van der Waals surface area (Å²) in [4.78, 5) is 11.5. The number of aliphatic carboxylic acids is 1. The van der Waals surface area contributed by atoms with Gasteiger partial charge in [-0.2, -0.15) is 0 Å². The van der Waals surface area contributed by atoms with Crippen LogP contribution in [0.25, 0.3) is 0 Å². The molecule has 4 rings (SSSR count). The van der Waals surface area contributed by atoms with Crippen LogP contribution >= 0.6 is 0 Å². The summed E-state index contributed by atoms with van der Waals surface area (Å²) in [5.74, 6) is 0.226. The maximum absolute atomic E-state index is 11.9. The minimum absolute atomic E-state index is 0.000633. The van der Waals surface area contributed by atoms with E-state index in [-0.39, 0.29) is 63.8 Å². The zero-order valence-corrected chi connectivity index (χ0v) is 21.6. The molecular weight excluding hydrogens is 416 g/mol. The van der Waals surface area contributed by atoms with E-state index in [1.165, 1.54) is 0 Å². The molecule has 0 aromatic carbocycles. The van der Waals surface area contributed by atoms with E-state index in [0.29, 0.717) is 12.8 Å². The summed E-state index contributed by atoms with van der Waals surface area (Å²) in [7, 11) is 0. The highest BCUT2D eigenvalue weighted by Gasteiger charge is 2.70. The smallest absolute Gasteiger partial charge is 0.306 e. The van der Waals surface area contributed by atoms with Crippen molar-refractivity contribution < 1.29 is 25.2 Å². The Morgan fingerprint density at radius 3 is 2.27 bits per heavy atom. The first kappa shape index (κ1) is 25.4. The lowest BCUT2D eigenvalue weighted by atomic mass is 9.36. The van der Waals surface area contributed by atoms with E-state index in [1.807, 2.05) is 0 Å². The van der Waals surface area contributed by atoms with Gasteiger partial charge in [0.15, 0.2) is 0 Å². The third-order valence-corrected chi connectivity index (χ3v) is 12.2. The van der Waals surface area contributed by atoms with Gasteiger partial charge in [0.05, 0.1) is 24.2 Å². The van der Waals surface area contributed by atoms with Crippen molar-refractivity contribution in [1.82, 2.24) is 0 Å². The Labute approximate surface area is 200 Å². The summed E-state index contributed by atoms with van der Waals surface area (Å²) in [6, 6.07) is 0. The molecule has 33 heavy (non-hydrogen) atoms. The first-order valence-electron chi connectivity index (χ1n) is 13.6. The number of carbonyl (C=O) groups is 1. The van der Waals surface area contributed by atoms with Crippen LogP contribution in [0.3, 0.4) is 0 Å². The van der Waals surface area contributed by atoms with Crippen LogP contribution in [0.2, 0.25) is 0 Å². The van der Waals surface area contributed by atoms with Crippen LogP contribution in [0.4, 0.5) is 0 Å². The van der Waals surface area contributed by atoms with Crippen LogP contribution in [0.15, 0.2) is 0 Å². The highest BCUT2D eigenvalue weighted by molar-refractivity contribution is 5.69. The summed E-state index contributed by atoms with van der Waals surface area (Å²) in [6.07, 6.45) is 5.64. The number of hydrogen-bond donors (Lipinski definition) is 4. The van der Waals surface area contributed by atoms with E-state index in [1.54, 1.807) is 6.92 Å². The van der Waals surface area contributed by atoms with E-state index >= 15 is 0 Å². The molecule has 4 fully saturated rings. The van der Waals surface area contributed by atoms with Crippen LogP contribution in [0.5, 0.6) is 0 Å². The quantitative estimate of drug-likeness (QED) is 0.472. The van der Waals surface area contributed by atoms with Gasteiger partial charge in [0.25, 0.3) is 0 Å². The molecule has 0 bridgehead atoms. The van der Waals surface area contributed by atoms with E-state index in [4.69, 9.17) is 0 Å². The summed E-state index contributed by atoms with van der Waals surface area (Å²) in [6.45, 7) is 13.1. The molecule has 0 amide bonds. The predicted molar refractivity (Wildman–Crippen MR) is 128 cm³/mol. The molecule has 5 nitrogen and oxygen atoms in total. The zero-order valence-electron chi connectivity index (χ0n) is 21.6. The van der Waals surface area contributed by atoms with E-state index < -0.39 is 18.2 Å². The molecule has 0 saturated heterocycles. The molecule has 5 heteroatoms. The number of fused-ring (bicyclic) bond motifs is 5. The minimum Gasteiger partial charge on any atom is -0.481 e. The third-order valence-electron chi connectivity index (χ3n) is 12.2. The van der Waals surface area contributed by atoms with Crippen LogP contribution < -0.4 is 0 Å². The Balaban J connectivity index is 1.70. The van der Waals surface area contributed by atoms with Gasteiger partial charge in [-0.05, 0) is 96.7 Å². The second kappa shape index (κ2) is 8.48. The summed E-state index contributed by atoms with van der Waals surface area (Å²) < 4.78 is 0. The topological polar surface area (TPSA) is 98.0 Å². The van der Waals surface area contributed by atoms with Crippen LogP contribution in [-0.2, 0) is 4.79 Å². The van der Waals surface area contributed by atoms with Crippen LogP contribution in [-0.4, -0.2) is 44.7 Å². The maximum atomic E-state index is 11.9. The lowest BCUT2D eigenvalue weighted by Crippen LogP contribution is -2.68. The predicted octanol–water partition coefficient (Wildman–Crippen LogP) is 4.72. The molecule has 0 aliphatic heterocycles. The van der Waals surface area contributed by atoms with Crippen molar-refractivity contribution in [3.63, 3.8) is 0 Å².